The SMILES string of the molecule is CCc1ccccc1NS(=O)(=O)c1ccc(OC)c(NC(=O)c2ccccc2)c1. The second-order valence-electron chi connectivity index (χ2n) is 6.30. The van der Waals surface area contributed by atoms with Crippen LogP contribution in [0.25, 0.3) is 0 Å². The maximum Gasteiger partial charge on any atom is 0.261 e. The Kier molecular flexibility index (Phi) is 6.19. The van der Waals surface area contributed by atoms with Crippen LogP contribution in [-0.4, -0.2) is 21.4 Å². The number of hydrogen-bond donors (Lipinski definition) is 2. The molecule has 29 heavy (non-hydrogen) atoms. The predicted octanol–water partition coefficient (Wildman–Crippen LogP) is 4.31. The van der Waals surface area contributed by atoms with E-state index in [4.69, 9.17) is 4.74 Å². The quantitative estimate of drug-likeness (QED) is 0.608. The number of carbonyl (C=O) groups excluding carboxylic acids is 1. The van der Waals surface area contributed by atoms with Crippen LogP contribution in [0.4, 0.5) is 11.4 Å². The molecule has 6 nitrogen and oxygen atoms in total. The molecule has 0 unspecified atom stereocenters. The average Bonchev–Trinajstić information content (AvgIpc) is 2.74. The number of methoxy groups -OCH3 is 1. The molecule has 0 fully saturated rings. The number of benzene rings is 3. The first-order chi connectivity index (χ1) is 13.9. The first-order valence-corrected chi connectivity index (χ1v) is 10.6. The van der Waals surface area contributed by atoms with E-state index in [0.29, 0.717) is 23.4 Å². The highest BCUT2D eigenvalue weighted by molar-refractivity contribution is 7.92. The van der Waals surface area contributed by atoms with E-state index in [9.17, 15) is 13.2 Å². The highest BCUT2D eigenvalue weighted by Gasteiger charge is 2.19. The summed E-state index contributed by atoms with van der Waals surface area (Å²) in [6.07, 6.45) is 0.694. The summed E-state index contributed by atoms with van der Waals surface area (Å²) in [4.78, 5) is 12.5. The number of carbonyl (C=O) groups is 1. The smallest absolute Gasteiger partial charge is 0.261 e. The van der Waals surface area contributed by atoms with E-state index < -0.39 is 10.0 Å². The number of para-hydroxylation sites is 1. The van der Waals surface area contributed by atoms with E-state index in [2.05, 4.69) is 10.0 Å². The molecule has 0 radical (unpaired) electrons. The van der Waals surface area contributed by atoms with Gasteiger partial charge in [0, 0.05) is 5.56 Å². The van der Waals surface area contributed by atoms with Crippen molar-refractivity contribution in [3.05, 3.63) is 83.9 Å². The van der Waals surface area contributed by atoms with Crippen molar-refractivity contribution in [3.8, 4) is 5.75 Å². The van der Waals surface area contributed by atoms with Crippen LogP contribution >= 0.6 is 0 Å². The van der Waals surface area contributed by atoms with Gasteiger partial charge in [0.2, 0.25) is 0 Å². The van der Waals surface area contributed by atoms with Gasteiger partial charge in [0.25, 0.3) is 15.9 Å². The van der Waals surface area contributed by atoms with Gasteiger partial charge in [0.05, 0.1) is 23.4 Å². The molecule has 2 N–H and O–H groups in total. The Morgan fingerprint density at radius 3 is 2.31 bits per heavy atom. The molecule has 1 amide bonds. The standard InChI is InChI=1S/C22H22N2O4S/c1-3-16-9-7-8-12-19(16)24-29(26,27)18-13-14-21(28-2)20(15-18)23-22(25)17-10-5-4-6-11-17/h4-15,24H,3H2,1-2H3,(H,23,25). The van der Waals surface area contributed by atoms with Crippen molar-refractivity contribution in [2.45, 2.75) is 18.2 Å². The molecule has 0 saturated heterocycles. The van der Waals surface area contributed by atoms with E-state index >= 15 is 0 Å². The molecule has 0 aliphatic carbocycles. The van der Waals surface area contributed by atoms with Crippen molar-refractivity contribution in [2.75, 3.05) is 17.1 Å². The zero-order valence-electron chi connectivity index (χ0n) is 16.2. The molecule has 3 rings (SSSR count). The number of sulfonamides is 1. The summed E-state index contributed by atoms with van der Waals surface area (Å²) >= 11 is 0. The minimum Gasteiger partial charge on any atom is -0.495 e. The summed E-state index contributed by atoms with van der Waals surface area (Å²) in [5, 5.41) is 2.72. The monoisotopic (exact) mass is 410 g/mol. The molecule has 3 aromatic carbocycles. The number of rotatable bonds is 7. The van der Waals surface area contributed by atoms with Crippen LogP contribution < -0.4 is 14.8 Å². The molecule has 3 aromatic rings. The van der Waals surface area contributed by atoms with Crippen molar-refractivity contribution in [2.24, 2.45) is 0 Å². The van der Waals surface area contributed by atoms with Crippen LogP contribution in [0.15, 0.2) is 77.7 Å². The Balaban J connectivity index is 1.92. The van der Waals surface area contributed by atoms with Crippen LogP contribution in [0.3, 0.4) is 0 Å². The van der Waals surface area contributed by atoms with Gasteiger partial charge in [-0.2, -0.15) is 0 Å². The average molecular weight is 410 g/mol. The summed E-state index contributed by atoms with van der Waals surface area (Å²) in [7, 11) is -2.39. The fourth-order valence-corrected chi connectivity index (χ4v) is 3.99. The number of hydrogen-bond acceptors (Lipinski definition) is 4. The third kappa shape index (κ3) is 4.75. The number of ether oxygens (including phenoxy) is 1. The summed E-state index contributed by atoms with van der Waals surface area (Å²) in [5.41, 5.74) is 2.15. The van der Waals surface area contributed by atoms with Gasteiger partial charge in [-0.25, -0.2) is 8.42 Å². The second kappa shape index (κ2) is 8.79. The Hall–Kier alpha value is -3.32. The third-order valence-corrected chi connectivity index (χ3v) is 5.77. The van der Waals surface area contributed by atoms with Gasteiger partial charge < -0.3 is 10.1 Å². The van der Waals surface area contributed by atoms with Crippen LogP contribution in [0.1, 0.15) is 22.8 Å². The summed E-state index contributed by atoms with van der Waals surface area (Å²) < 4.78 is 33.7. The van der Waals surface area contributed by atoms with Crippen LogP contribution in [0.2, 0.25) is 0 Å². The lowest BCUT2D eigenvalue weighted by Crippen LogP contribution is -2.16. The molecular formula is C22H22N2O4S. The van der Waals surface area contributed by atoms with Crippen molar-refractivity contribution in [3.63, 3.8) is 0 Å². The lowest BCUT2D eigenvalue weighted by molar-refractivity contribution is 0.102. The van der Waals surface area contributed by atoms with Crippen molar-refractivity contribution < 1.29 is 17.9 Å². The van der Waals surface area contributed by atoms with E-state index in [0.717, 1.165) is 5.56 Å². The zero-order chi connectivity index (χ0) is 20.9. The lowest BCUT2D eigenvalue weighted by Gasteiger charge is -2.15. The molecule has 0 aliphatic heterocycles. The molecule has 0 aromatic heterocycles. The number of amides is 1. The zero-order valence-corrected chi connectivity index (χ0v) is 17.0. The second-order valence-corrected chi connectivity index (χ2v) is 7.98. The molecule has 7 heteroatoms. The van der Waals surface area contributed by atoms with Gasteiger partial charge >= 0.3 is 0 Å². The van der Waals surface area contributed by atoms with Crippen molar-refractivity contribution in [1.82, 2.24) is 0 Å². The fraction of sp³-hybridized carbons (Fsp3) is 0.136. The van der Waals surface area contributed by atoms with E-state index in [1.165, 1.54) is 25.3 Å². The van der Waals surface area contributed by atoms with E-state index in [1.54, 1.807) is 36.4 Å². The molecule has 0 aliphatic rings. The minimum atomic E-state index is -3.85. The van der Waals surface area contributed by atoms with Crippen molar-refractivity contribution >= 4 is 27.3 Å². The summed E-state index contributed by atoms with van der Waals surface area (Å²) in [5.74, 6) is 0.00456. The Morgan fingerprint density at radius 1 is 0.931 bits per heavy atom. The number of nitrogens with one attached hydrogen (secondary N) is 2. The van der Waals surface area contributed by atoms with Crippen LogP contribution in [0.5, 0.6) is 5.75 Å². The predicted molar refractivity (Wildman–Crippen MR) is 114 cm³/mol. The third-order valence-electron chi connectivity index (χ3n) is 4.41. The number of anilines is 2. The molecule has 0 spiro atoms. The summed E-state index contributed by atoms with van der Waals surface area (Å²) in [6.45, 7) is 1.96. The van der Waals surface area contributed by atoms with Crippen molar-refractivity contribution in [1.29, 1.82) is 0 Å². The van der Waals surface area contributed by atoms with Gasteiger partial charge in [0.1, 0.15) is 5.75 Å². The lowest BCUT2D eigenvalue weighted by atomic mass is 10.1. The summed E-state index contributed by atoms with van der Waals surface area (Å²) in [6, 6.07) is 20.2. The fourth-order valence-electron chi connectivity index (χ4n) is 2.87. The Labute approximate surface area is 170 Å². The first-order valence-electron chi connectivity index (χ1n) is 9.09. The normalized spacial score (nSPS) is 11.0. The molecule has 0 atom stereocenters. The van der Waals surface area contributed by atoms with Gasteiger partial charge in [0.15, 0.2) is 0 Å². The number of aryl methyl sites for hydroxylation is 1. The van der Waals surface area contributed by atoms with Gasteiger partial charge in [-0.05, 0) is 48.4 Å². The Bertz CT molecular complexity index is 1110. The van der Waals surface area contributed by atoms with Gasteiger partial charge in [-0.1, -0.05) is 43.3 Å². The largest absolute Gasteiger partial charge is 0.495 e. The molecular weight excluding hydrogens is 388 g/mol. The maximum atomic E-state index is 12.9. The van der Waals surface area contributed by atoms with Crippen LogP contribution in [0, 0.1) is 0 Å². The molecule has 0 heterocycles. The van der Waals surface area contributed by atoms with E-state index in [1.807, 2.05) is 25.1 Å². The van der Waals surface area contributed by atoms with Gasteiger partial charge in [-0.15, -0.1) is 0 Å². The van der Waals surface area contributed by atoms with Gasteiger partial charge in [-0.3, -0.25) is 9.52 Å². The topological polar surface area (TPSA) is 84.5 Å². The molecule has 150 valence electrons. The first kappa shape index (κ1) is 20.4. The maximum absolute atomic E-state index is 12.9. The Morgan fingerprint density at radius 2 is 1.62 bits per heavy atom. The highest BCUT2D eigenvalue weighted by atomic mass is 32.2. The van der Waals surface area contributed by atoms with E-state index in [-0.39, 0.29) is 16.5 Å². The van der Waals surface area contributed by atoms with Crippen LogP contribution in [-0.2, 0) is 16.4 Å². The molecule has 0 bridgehead atoms. The minimum absolute atomic E-state index is 0.0209. The highest BCUT2D eigenvalue weighted by Crippen LogP contribution is 2.29. The molecule has 0 saturated carbocycles.